The maximum absolute atomic E-state index is 12.6. The summed E-state index contributed by atoms with van der Waals surface area (Å²) in [5, 5.41) is 14.2. The minimum Gasteiger partial charge on any atom is -0.507 e. The topological polar surface area (TPSA) is 91.4 Å². The normalized spacial score (nSPS) is 11.5. The number of benzene rings is 2. The lowest BCUT2D eigenvalue weighted by Crippen LogP contribution is -2.44. The highest BCUT2D eigenvalue weighted by atomic mass is 16.5. The number of para-hydroxylation sites is 1. The van der Waals surface area contributed by atoms with E-state index >= 15 is 0 Å². The summed E-state index contributed by atoms with van der Waals surface area (Å²) in [6.45, 7) is 4.19. The van der Waals surface area contributed by atoms with Gasteiger partial charge in [-0.25, -0.2) is 4.79 Å². The molecule has 146 valence electrons. The molecule has 0 spiro atoms. The molecule has 0 radical (unpaired) electrons. The summed E-state index contributed by atoms with van der Waals surface area (Å²) >= 11 is 0. The van der Waals surface area contributed by atoms with Crippen molar-refractivity contribution in [2.24, 2.45) is 0 Å². The zero-order chi connectivity index (χ0) is 20.3. The molecule has 28 heavy (non-hydrogen) atoms. The molecule has 3 N–H and O–H groups in total. The van der Waals surface area contributed by atoms with E-state index in [1.807, 2.05) is 38.2 Å². The lowest BCUT2D eigenvalue weighted by molar-refractivity contribution is 0.0597. The van der Waals surface area contributed by atoms with Gasteiger partial charge in [-0.2, -0.15) is 0 Å². The number of hydrogen-bond acceptors (Lipinski definition) is 5. The molecule has 0 amide bonds. The van der Waals surface area contributed by atoms with Crippen LogP contribution in [0, 0.1) is 0 Å². The minimum atomic E-state index is -0.681. The number of aromatic amines is 1. The Bertz CT molecular complexity index is 1020. The lowest BCUT2D eigenvalue weighted by atomic mass is 9.94. The highest BCUT2D eigenvalue weighted by molar-refractivity contribution is 6.01. The highest BCUT2D eigenvalue weighted by Gasteiger charge is 2.22. The number of nitrogens with one attached hydrogen (secondary N) is 2. The van der Waals surface area contributed by atoms with Gasteiger partial charge in [0, 0.05) is 28.2 Å². The van der Waals surface area contributed by atoms with Crippen LogP contribution in [0.25, 0.3) is 10.9 Å². The molecule has 0 saturated carbocycles. The first-order valence-corrected chi connectivity index (χ1v) is 9.05. The molecule has 0 bridgehead atoms. The van der Waals surface area contributed by atoms with Crippen LogP contribution in [-0.2, 0) is 11.2 Å². The third-order valence-electron chi connectivity index (χ3n) is 4.76. The minimum absolute atomic E-state index is 0.0218. The summed E-state index contributed by atoms with van der Waals surface area (Å²) in [4.78, 5) is 27.5. The molecule has 0 unspecified atom stereocenters. The molecular formula is C22H24N2O4. The molecule has 3 rings (SSSR count). The van der Waals surface area contributed by atoms with Crippen molar-refractivity contribution in [3.8, 4) is 5.75 Å². The number of phenolic OH excluding ortho intramolecular Hbond substituents is 1. The number of H-pyrrole nitrogens is 1. The molecule has 1 heterocycles. The Labute approximate surface area is 163 Å². The van der Waals surface area contributed by atoms with E-state index in [2.05, 4.69) is 21.1 Å². The number of ketones is 1. The van der Waals surface area contributed by atoms with Gasteiger partial charge in [-0.1, -0.05) is 18.2 Å². The number of rotatable bonds is 7. The second-order valence-electron chi connectivity index (χ2n) is 7.42. The second-order valence-corrected chi connectivity index (χ2v) is 7.42. The summed E-state index contributed by atoms with van der Waals surface area (Å²) in [6.07, 6.45) is 2.74. The van der Waals surface area contributed by atoms with E-state index in [-0.39, 0.29) is 29.2 Å². The number of carbonyl (C=O) groups excluding carboxylic acids is 2. The van der Waals surface area contributed by atoms with Gasteiger partial charge in [0.05, 0.1) is 13.7 Å². The van der Waals surface area contributed by atoms with Crippen molar-refractivity contribution in [3.63, 3.8) is 0 Å². The molecule has 6 heteroatoms. The van der Waals surface area contributed by atoms with Crippen molar-refractivity contribution in [2.75, 3.05) is 13.7 Å². The number of Topliss-reactive ketones (excluding diaryl/α,β-unsaturated/α-hetero) is 1. The van der Waals surface area contributed by atoms with Gasteiger partial charge in [0.1, 0.15) is 11.3 Å². The molecule has 0 atom stereocenters. The molecule has 0 saturated heterocycles. The van der Waals surface area contributed by atoms with E-state index in [4.69, 9.17) is 0 Å². The summed E-state index contributed by atoms with van der Waals surface area (Å²) in [6, 6.07) is 12.3. The number of hydrogen-bond donors (Lipinski definition) is 3. The van der Waals surface area contributed by atoms with Gasteiger partial charge < -0.3 is 20.1 Å². The first-order chi connectivity index (χ1) is 13.3. The van der Waals surface area contributed by atoms with Crippen LogP contribution in [0.5, 0.6) is 5.75 Å². The van der Waals surface area contributed by atoms with E-state index in [1.165, 1.54) is 36.3 Å². The number of esters is 1. The van der Waals surface area contributed by atoms with Crippen LogP contribution in [0.2, 0.25) is 0 Å². The van der Waals surface area contributed by atoms with Crippen LogP contribution in [0.4, 0.5) is 0 Å². The smallest absolute Gasteiger partial charge is 0.341 e. The molecule has 3 aromatic rings. The molecule has 0 fully saturated rings. The van der Waals surface area contributed by atoms with Crippen LogP contribution in [-0.4, -0.2) is 41.0 Å². The fourth-order valence-corrected chi connectivity index (χ4v) is 3.22. The van der Waals surface area contributed by atoms with Crippen molar-refractivity contribution in [1.29, 1.82) is 0 Å². The number of fused-ring (bicyclic) bond motifs is 1. The van der Waals surface area contributed by atoms with Crippen LogP contribution in [0.1, 0.15) is 40.1 Å². The number of phenols is 1. The van der Waals surface area contributed by atoms with Gasteiger partial charge in [0.25, 0.3) is 0 Å². The van der Waals surface area contributed by atoms with Crippen LogP contribution >= 0.6 is 0 Å². The van der Waals surface area contributed by atoms with E-state index in [1.54, 1.807) is 0 Å². The zero-order valence-corrected chi connectivity index (χ0v) is 16.2. The first kappa shape index (κ1) is 19.6. The van der Waals surface area contributed by atoms with Gasteiger partial charge in [-0.15, -0.1) is 0 Å². The third-order valence-corrected chi connectivity index (χ3v) is 4.76. The summed E-state index contributed by atoms with van der Waals surface area (Å²) < 4.78 is 4.63. The zero-order valence-electron chi connectivity index (χ0n) is 16.2. The maximum atomic E-state index is 12.6. The molecule has 2 aromatic carbocycles. The van der Waals surface area contributed by atoms with Crippen molar-refractivity contribution in [2.45, 2.75) is 25.8 Å². The van der Waals surface area contributed by atoms with Crippen LogP contribution in [0.3, 0.4) is 0 Å². The number of carbonyl (C=O) groups is 2. The largest absolute Gasteiger partial charge is 0.507 e. The summed E-state index contributed by atoms with van der Waals surface area (Å²) in [5.74, 6) is -1.06. The number of methoxy groups -OCH3 is 1. The number of aromatic hydroxyl groups is 1. The van der Waals surface area contributed by atoms with Gasteiger partial charge in [0.15, 0.2) is 5.78 Å². The van der Waals surface area contributed by atoms with E-state index in [0.717, 1.165) is 11.9 Å². The van der Waals surface area contributed by atoms with Gasteiger partial charge >= 0.3 is 5.97 Å². The maximum Gasteiger partial charge on any atom is 0.341 e. The lowest BCUT2D eigenvalue weighted by Gasteiger charge is -2.26. The van der Waals surface area contributed by atoms with Crippen molar-refractivity contribution in [3.05, 3.63) is 65.4 Å². The molecule has 0 aliphatic carbocycles. The summed E-state index contributed by atoms with van der Waals surface area (Å²) in [5.41, 5.74) is 2.27. The van der Waals surface area contributed by atoms with E-state index < -0.39 is 5.97 Å². The van der Waals surface area contributed by atoms with Crippen LogP contribution < -0.4 is 5.32 Å². The Balaban J connectivity index is 1.69. The molecule has 6 nitrogen and oxygen atoms in total. The van der Waals surface area contributed by atoms with Crippen molar-refractivity contribution >= 4 is 22.7 Å². The average molecular weight is 380 g/mol. The van der Waals surface area contributed by atoms with Gasteiger partial charge in [-0.05, 0) is 50.1 Å². The Kier molecular flexibility index (Phi) is 5.51. The second kappa shape index (κ2) is 7.86. The monoisotopic (exact) mass is 380 g/mol. The average Bonchev–Trinajstić information content (AvgIpc) is 3.08. The van der Waals surface area contributed by atoms with Crippen molar-refractivity contribution in [1.82, 2.24) is 10.3 Å². The standard InChI is InChI=1S/C22H24N2O4/c1-22(2,11-15-12-23-18-7-5-4-6-16(15)18)24-13-20(26)14-8-9-19(25)17(10-14)21(27)28-3/h4-10,12,23-25H,11,13H2,1-3H3. The highest BCUT2D eigenvalue weighted by Crippen LogP contribution is 2.23. The molecule has 0 aliphatic rings. The van der Waals surface area contributed by atoms with E-state index in [9.17, 15) is 14.7 Å². The quantitative estimate of drug-likeness (QED) is 0.431. The fourth-order valence-electron chi connectivity index (χ4n) is 3.22. The predicted molar refractivity (Wildman–Crippen MR) is 108 cm³/mol. The SMILES string of the molecule is COC(=O)c1cc(C(=O)CNC(C)(C)Cc2c[nH]c3ccccc23)ccc1O. The predicted octanol–water partition coefficient (Wildman–Crippen LogP) is 3.45. The van der Waals surface area contributed by atoms with Crippen LogP contribution in [0.15, 0.2) is 48.7 Å². The first-order valence-electron chi connectivity index (χ1n) is 9.05. The Morgan fingerprint density at radius 3 is 2.68 bits per heavy atom. The number of ether oxygens (including phenoxy) is 1. The summed E-state index contributed by atoms with van der Waals surface area (Å²) in [7, 11) is 1.23. The molecule has 1 aromatic heterocycles. The van der Waals surface area contributed by atoms with Gasteiger partial charge in [-0.3, -0.25) is 4.79 Å². The van der Waals surface area contributed by atoms with E-state index in [0.29, 0.717) is 5.56 Å². The Hall–Kier alpha value is -3.12. The molecule has 0 aliphatic heterocycles. The fraction of sp³-hybridized carbons (Fsp3) is 0.273. The Morgan fingerprint density at radius 1 is 1.18 bits per heavy atom. The molecular weight excluding hydrogens is 356 g/mol. The Morgan fingerprint density at radius 2 is 1.93 bits per heavy atom. The third kappa shape index (κ3) is 4.23. The number of aromatic nitrogens is 1. The van der Waals surface area contributed by atoms with Gasteiger partial charge in [0.2, 0.25) is 0 Å². The van der Waals surface area contributed by atoms with Crippen molar-refractivity contribution < 1.29 is 19.4 Å².